The lowest BCUT2D eigenvalue weighted by Gasteiger charge is -2.33. The first kappa shape index (κ1) is 14.3. The molecule has 21 heavy (non-hydrogen) atoms. The molecule has 0 radical (unpaired) electrons. The van der Waals surface area contributed by atoms with Gasteiger partial charge >= 0.3 is 0 Å². The Hall–Kier alpha value is -1.60. The zero-order valence-corrected chi connectivity index (χ0v) is 13.3. The Balaban J connectivity index is 1.84. The van der Waals surface area contributed by atoms with E-state index in [0.29, 0.717) is 12.0 Å². The van der Waals surface area contributed by atoms with Crippen LogP contribution in [-0.2, 0) is 12.8 Å². The first-order valence-electron chi connectivity index (χ1n) is 8.00. The van der Waals surface area contributed by atoms with Crippen molar-refractivity contribution < 1.29 is 0 Å². The average Bonchev–Trinajstić information content (AvgIpc) is 2.51. The molecule has 0 amide bonds. The highest BCUT2D eigenvalue weighted by Crippen LogP contribution is 2.36. The molecular formula is C20H25N. The van der Waals surface area contributed by atoms with E-state index in [4.69, 9.17) is 0 Å². The molecule has 0 heterocycles. The molecule has 2 atom stereocenters. The van der Waals surface area contributed by atoms with Crippen LogP contribution in [0.4, 0.5) is 0 Å². The molecule has 1 N–H and O–H groups in total. The summed E-state index contributed by atoms with van der Waals surface area (Å²) in [4.78, 5) is 0. The van der Waals surface area contributed by atoms with Crippen LogP contribution in [0.2, 0.25) is 0 Å². The van der Waals surface area contributed by atoms with Crippen LogP contribution in [0.1, 0.15) is 40.3 Å². The highest BCUT2D eigenvalue weighted by atomic mass is 14.9. The standard InChI is InChI=1S/C20H25N/c1-14-8-9-16(12-15(14)2)13-18-11-10-17-6-4-5-7-19(17)20(18)21-3/h4-9,12,18,20-21H,10-11,13H2,1-3H3. The van der Waals surface area contributed by atoms with Crippen molar-refractivity contribution in [1.82, 2.24) is 5.32 Å². The minimum atomic E-state index is 0.483. The van der Waals surface area contributed by atoms with E-state index in [1.165, 1.54) is 47.1 Å². The first-order chi connectivity index (χ1) is 10.2. The lowest BCUT2D eigenvalue weighted by Crippen LogP contribution is -2.31. The minimum absolute atomic E-state index is 0.483. The van der Waals surface area contributed by atoms with Gasteiger partial charge in [0.15, 0.2) is 0 Å². The van der Waals surface area contributed by atoms with Gasteiger partial charge in [-0.1, -0.05) is 42.5 Å². The lowest BCUT2D eigenvalue weighted by atomic mass is 9.77. The molecule has 2 aromatic rings. The van der Waals surface area contributed by atoms with Gasteiger partial charge in [0.05, 0.1) is 0 Å². The highest BCUT2D eigenvalue weighted by molar-refractivity contribution is 5.35. The van der Waals surface area contributed by atoms with Crippen LogP contribution in [0.3, 0.4) is 0 Å². The van der Waals surface area contributed by atoms with Gasteiger partial charge in [-0.2, -0.15) is 0 Å². The van der Waals surface area contributed by atoms with E-state index in [9.17, 15) is 0 Å². The van der Waals surface area contributed by atoms with Gasteiger partial charge < -0.3 is 5.32 Å². The molecule has 0 saturated heterocycles. The Morgan fingerprint density at radius 1 is 1.05 bits per heavy atom. The zero-order valence-electron chi connectivity index (χ0n) is 13.3. The quantitative estimate of drug-likeness (QED) is 0.879. The number of fused-ring (bicyclic) bond motifs is 1. The van der Waals surface area contributed by atoms with Crippen LogP contribution in [0.25, 0.3) is 0 Å². The number of hydrogen-bond acceptors (Lipinski definition) is 1. The number of benzene rings is 2. The molecule has 0 saturated carbocycles. The minimum Gasteiger partial charge on any atom is -0.313 e. The van der Waals surface area contributed by atoms with E-state index in [1.807, 2.05) is 0 Å². The van der Waals surface area contributed by atoms with Gasteiger partial charge in [0, 0.05) is 6.04 Å². The Bertz CT molecular complexity index is 629. The van der Waals surface area contributed by atoms with Crippen LogP contribution < -0.4 is 5.32 Å². The second-order valence-corrected chi connectivity index (χ2v) is 6.39. The summed E-state index contributed by atoms with van der Waals surface area (Å²) in [5, 5.41) is 3.56. The predicted octanol–water partition coefficient (Wildman–Crippen LogP) is 4.37. The van der Waals surface area contributed by atoms with E-state index in [-0.39, 0.29) is 0 Å². The van der Waals surface area contributed by atoms with Crippen molar-refractivity contribution in [3.05, 3.63) is 70.3 Å². The third kappa shape index (κ3) is 2.89. The third-order valence-corrected chi connectivity index (χ3v) is 5.03. The molecule has 0 aromatic heterocycles. The number of aryl methyl sites for hydroxylation is 3. The van der Waals surface area contributed by atoms with Crippen molar-refractivity contribution in [3.8, 4) is 0 Å². The SMILES string of the molecule is CNC1c2ccccc2CCC1Cc1ccc(C)c(C)c1. The van der Waals surface area contributed by atoms with Crippen LogP contribution >= 0.6 is 0 Å². The Morgan fingerprint density at radius 3 is 2.62 bits per heavy atom. The largest absolute Gasteiger partial charge is 0.313 e. The van der Waals surface area contributed by atoms with Crippen molar-refractivity contribution in [2.24, 2.45) is 5.92 Å². The Kier molecular flexibility index (Phi) is 4.12. The maximum atomic E-state index is 3.56. The molecule has 3 rings (SSSR count). The normalized spacial score (nSPS) is 21.1. The molecular weight excluding hydrogens is 254 g/mol. The van der Waals surface area contributed by atoms with Crippen molar-refractivity contribution in [2.75, 3.05) is 7.05 Å². The predicted molar refractivity (Wildman–Crippen MR) is 89.7 cm³/mol. The summed E-state index contributed by atoms with van der Waals surface area (Å²) in [5.74, 6) is 0.687. The summed E-state index contributed by atoms with van der Waals surface area (Å²) in [6.45, 7) is 4.40. The van der Waals surface area contributed by atoms with Crippen molar-refractivity contribution in [2.45, 2.75) is 39.2 Å². The van der Waals surface area contributed by atoms with Gasteiger partial charge in [0.2, 0.25) is 0 Å². The summed E-state index contributed by atoms with van der Waals surface area (Å²) in [6.07, 6.45) is 3.65. The van der Waals surface area contributed by atoms with Gasteiger partial charge in [-0.25, -0.2) is 0 Å². The van der Waals surface area contributed by atoms with E-state index in [1.54, 1.807) is 0 Å². The van der Waals surface area contributed by atoms with Gasteiger partial charge in [0.1, 0.15) is 0 Å². The molecule has 1 heteroatoms. The van der Waals surface area contributed by atoms with Gasteiger partial charge in [0.25, 0.3) is 0 Å². The fourth-order valence-corrected chi connectivity index (χ4v) is 3.67. The van der Waals surface area contributed by atoms with Crippen LogP contribution in [-0.4, -0.2) is 7.05 Å². The Labute approximate surface area is 128 Å². The molecule has 0 aliphatic heterocycles. The van der Waals surface area contributed by atoms with Crippen LogP contribution in [0.15, 0.2) is 42.5 Å². The fraction of sp³-hybridized carbons (Fsp3) is 0.400. The van der Waals surface area contributed by atoms with E-state index in [2.05, 4.69) is 68.7 Å². The lowest BCUT2D eigenvalue weighted by molar-refractivity contribution is 0.335. The average molecular weight is 279 g/mol. The monoisotopic (exact) mass is 279 g/mol. The second-order valence-electron chi connectivity index (χ2n) is 6.39. The summed E-state index contributed by atoms with van der Waals surface area (Å²) < 4.78 is 0. The van der Waals surface area contributed by atoms with E-state index in [0.717, 1.165) is 0 Å². The van der Waals surface area contributed by atoms with Gasteiger partial charge in [-0.15, -0.1) is 0 Å². The van der Waals surface area contributed by atoms with E-state index < -0.39 is 0 Å². The zero-order chi connectivity index (χ0) is 14.8. The smallest absolute Gasteiger partial charge is 0.0352 e. The second kappa shape index (κ2) is 6.03. The first-order valence-corrected chi connectivity index (χ1v) is 8.00. The Morgan fingerprint density at radius 2 is 1.86 bits per heavy atom. The fourth-order valence-electron chi connectivity index (χ4n) is 3.67. The molecule has 0 fully saturated rings. The summed E-state index contributed by atoms with van der Waals surface area (Å²) in [7, 11) is 2.10. The third-order valence-electron chi connectivity index (χ3n) is 5.03. The van der Waals surface area contributed by atoms with Crippen molar-refractivity contribution >= 4 is 0 Å². The summed E-state index contributed by atoms with van der Waals surface area (Å²) in [5.41, 5.74) is 7.29. The summed E-state index contributed by atoms with van der Waals surface area (Å²) >= 11 is 0. The molecule has 1 nitrogen and oxygen atoms in total. The molecule has 110 valence electrons. The topological polar surface area (TPSA) is 12.0 Å². The van der Waals surface area contributed by atoms with Crippen LogP contribution in [0, 0.1) is 19.8 Å². The molecule has 1 aliphatic rings. The maximum absolute atomic E-state index is 3.56. The molecule has 1 aliphatic carbocycles. The molecule has 2 unspecified atom stereocenters. The molecule has 0 spiro atoms. The molecule has 2 aromatic carbocycles. The van der Waals surface area contributed by atoms with Crippen molar-refractivity contribution in [1.29, 1.82) is 0 Å². The van der Waals surface area contributed by atoms with E-state index >= 15 is 0 Å². The number of rotatable bonds is 3. The highest BCUT2D eigenvalue weighted by Gasteiger charge is 2.28. The van der Waals surface area contributed by atoms with Crippen LogP contribution in [0.5, 0.6) is 0 Å². The van der Waals surface area contributed by atoms with Gasteiger partial charge in [-0.3, -0.25) is 0 Å². The maximum Gasteiger partial charge on any atom is 0.0352 e. The number of hydrogen-bond donors (Lipinski definition) is 1. The van der Waals surface area contributed by atoms with Crippen molar-refractivity contribution in [3.63, 3.8) is 0 Å². The molecule has 0 bridgehead atoms. The number of nitrogens with one attached hydrogen (secondary N) is 1. The van der Waals surface area contributed by atoms with Gasteiger partial charge in [-0.05, 0) is 73.9 Å². The summed E-state index contributed by atoms with van der Waals surface area (Å²) in [6, 6.07) is 16.3.